The molecule has 166 valence electrons. The molecular formula is C24H24FN3O3S. The van der Waals surface area contributed by atoms with E-state index in [1.807, 2.05) is 5.38 Å². The molecule has 2 amide bonds. The van der Waals surface area contributed by atoms with E-state index >= 15 is 0 Å². The van der Waals surface area contributed by atoms with Crippen LogP contribution in [0.2, 0.25) is 0 Å². The SMILES string of the molecule is O=C(Cc1csc(COc2ccc(F)cc2)n1)Nc1ccccc1C(=O)NC1CCCC1. The normalized spacial score (nSPS) is 13.7. The van der Waals surface area contributed by atoms with Gasteiger partial charge in [0.25, 0.3) is 5.91 Å². The molecule has 6 nitrogen and oxygen atoms in total. The van der Waals surface area contributed by atoms with E-state index in [4.69, 9.17) is 4.74 Å². The Kier molecular flexibility index (Phi) is 7.11. The number of ether oxygens (including phenoxy) is 1. The van der Waals surface area contributed by atoms with Crippen molar-refractivity contribution in [3.8, 4) is 5.75 Å². The molecule has 2 aromatic carbocycles. The van der Waals surface area contributed by atoms with Crippen LogP contribution in [0.25, 0.3) is 0 Å². The first-order valence-corrected chi connectivity index (χ1v) is 11.5. The summed E-state index contributed by atoms with van der Waals surface area (Å²) in [6.07, 6.45) is 4.35. The summed E-state index contributed by atoms with van der Waals surface area (Å²) in [4.78, 5) is 29.7. The zero-order chi connectivity index (χ0) is 22.3. The summed E-state index contributed by atoms with van der Waals surface area (Å²) >= 11 is 1.39. The molecule has 0 aliphatic heterocycles. The van der Waals surface area contributed by atoms with Gasteiger partial charge in [0.1, 0.15) is 23.2 Å². The number of carbonyl (C=O) groups is 2. The second kappa shape index (κ2) is 10.4. The first-order chi connectivity index (χ1) is 15.6. The highest BCUT2D eigenvalue weighted by Gasteiger charge is 2.20. The van der Waals surface area contributed by atoms with Crippen LogP contribution in [-0.4, -0.2) is 22.8 Å². The van der Waals surface area contributed by atoms with Crippen LogP contribution in [0.15, 0.2) is 53.9 Å². The van der Waals surface area contributed by atoms with Crippen molar-refractivity contribution >= 4 is 28.8 Å². The Morgan fingerprint density at radius 3 is 2.62 bits per heavy atom. The maximum Gasteiger partial charge on any atom is 0.253 e. The van der Waals surface area contributed by atoms with Gasteiger partial charge in [0.2, 0.25) is 5.91 Å². The molecule has 0 saturated heterocycles. The topological polar surface area (TPSA) is 80.3 Å². The molecule has 0 unspecified atom stereocenters. The number of thiazole rings is 1. The number of hydrogen-bond acceptors (Lipinski definition) is 5. The molecule has 0 radical (unpaired) electrons. The maximum absolute atomic E-state index is 13.0. The highest BCUT2D eigenvalue weighted by molar-refractivity contribution is 7.09. The summed E-state index contributed by atoms with van der Waals surface area (Å²) in [5.74, 6) is -0.185. The lowest BCUT2D eigenvalue weighted by Gasteiger charge is -2.14. The largest absolute Gasteiger partial charge is 0.486 e. The third kappa shape index (κ3) is 5.91. The number of nitrogens with one attached hydrogen (secondary N) is 2. The fraction of sp³-hybridized carbons (Fsp3) is 0.292. The van der Waals surface area contributed by atoms with Gasteiger partial charge in [0, 0.05) is 11.4 Å². The van der Waals surface area contributed by atoms with Gasteiger partial charge < -0.3 is 15.4 Å². The van der Waals surface area contributed by atoms with Gasteiger partial charge in [-0.25, -0.2) is 9.37 Å². The van der Waals surface area contributed by atoms with Gasteiger partial charge in [-0.05, 0) is 49.2 Å². The van der Waals surface area contributed by atoms with Crippen molar-refractivity contribution < 1.29 is 18.7 Å². The van der Waals surface area contributed by atoms with Crippen LogP contribution >= 0.6 is 11.3 Å². The minimum absolute atomic E-state index is 0.0889. The number of benzene rings is 2. The summed E-state index contributed by atoms with van der Waals surface area (Å²) in [5, 5.41) is 8.42. The van der Waals surface area contributed by atoms with E-state index in [9.17, 15) is 14.0 Å². The smallest absolute Gasteiger partial charge is 0.253 e. The molecule has 0 bridgehead atoms. The molecular weight excluding hydrogens is 429 g/mol. The molecule has 1 aliphatic carbocycles. The van der Waals surface area contributed by atoms with Crippen LogP contribution in [0.1, 0.15) is 46.7 Å². The van der Waals surface area contributed by atoms with Crippen molar-refractivity contribution in [2.24, 2.45) is 0 Å². The predicted molar refractivity (Wildman–Crippen MR) is 121 cm³/mol. The lowest BCUT2D eigenvalue weighted by molar-refractivity contribution is -0.115. The Balaban J connectivity index is 1.32. The van der Waals surface area contributed by atoms with Crippen LogP contribution in [0.5, 0.6) is 5.75 Å². The highest BCUT2D eigenvalue weighted by atomic mass is 32.1. The molecule has 32 heavy (non-hydrogen) atoms. The summed E-state index contributed by atoms with van der Waals surface area (Å²) in [6, 6.07) is 13.0. The quantitative estimate of drug-likeness (QED) is 0.517. The van der Waals surface area contributed by atoms with E-state index in [-0.39, 0.29) is 36.7 Å². The average molecular weight is 454 g/mol. The molecule has 1 aromatic heterocycles. The van der Waals surface area contributed by atoms with Gasteiger partial charge in [-0.2, -0.15) is 0 Å². The van der Waals surface area contributed by atoms with Gasteiger partial charge in [-0.1, -0.05) is 25.0 Å². The van der Waals surface area contributed by atoms with Crippen molar-refractivity contribution in [1.29, 1.82) is 0 Å². The molecule has 4 rings (SSSR count). The van der Waals surface area contributed by atoms with Gasteiger partial charge in [-0.3, -0.25) is 9.59 Å². The second-order valence-electron chi connectivity index (χ2n) is 7.70. The lowest BCUT2D eigenvalue weighted by Crippen LogP contribution is -2.33. The third-order valence-corrected chi connectivity index (χ3v) is 6.12. The molecule has 0 atom stereocenters. The number of aromatic nitrogens is 1. The van der Waals surface area contributed by atoms with Crippen LogP contribution in [0.3, 0.4) is 0 Å². The fourth-order valence-corrected chi connectivity index (χ4v) is 4.36. The number of nitrogens with zero attached hydrogens (tertiary/aromatic N) is 1. The highest BCUT2D eigenvalue weighted by Crippen LogP contribution is 2.21. The lowest BCUT2D eigenvalue weighted by atomic mass is 10.1. The zero-order valence-electron chi connectivity index (χ0n) is 17.5. The Labute approximate surface area is 189 Å². The maximum atomic E-state index is 13.0. The zero-order valence-corrected chi connectivity index (χ0v) is 18.3. The fourth-order valence-electron chi connectivity index (χ4n) is 3.65. The van der Waals surface area contributed by atoms with Gasteiger partial charge >= 0.3 is 0 Å². The van der Waals surface area contributed by atoms with Crippen LogP contribution in [0.4, 0.5) is 10.1 Å². The first kappa shape index (κ1) is 22.0. The first-order valence-electron chi connectivity index (χ1n) is 10.6. The van der Waals surface area contributed by atoms with Gasteiger partial charge in [-0.15, -0.1) is 11.3 Å². The van der Waals surface area contributed by atoms with Crippen molar-refractivity contribution in [1.82, 2.24) is 10.3 Å². The Morgan fingerprint density at radius 2 is 1.84 bits per heavy atom. The number of amides is 2. The Bertz CT molecular complexity index is 1080. The minimum Gasteiger partial charge on any atom is -0.486 e. The van der Waals surface area contributed by atoms with Gasteiger partial charge in [0.05, 0.1) is 23.4 Å². The second-order valence-corrected chi connectivity index (χ2v) is 8.64. The van der Waals surface area contributed by atoms with Crippen LogP contribution in [0, 0.1) is 5.82 Å². The monoisotopic (exact) mass is 453 g/mol. The summed E-state index contributed by atoms with van der Waals surface area (Å²) < 4.78 is 18.6. The summed E-state index contributed by atoms with van der Waals surface area (Å²) in [6.45, 7) is 0.238. The van der Waals surface area contributed by atoms with Crippen molar-refractivity contribution in [2.75, 3.05) is 5.32 Å². The molecule has 2 N–H and O–H groups in total. The number of anilines is 1. The van der Waals surface area contributed by atoms with Crippen LogP contribution < -0.4 is 15.4 Å². The van der Waals surface area contributed by atoms with Gasteiger partial charge in [0.15, 0.2) is 0 Å². The number of rotatable bonds is 8. The van der Waals surface area contributed by atoms with E-state index in [0.29, 0.717) is 27.7 Å². The minimum atomic E-state index is -0.322. The van der Waals surface area contributed by atoms with Crippen molar-refractivity contribution in [3.05, 3.63) is 76.0 Å². The number of para-hydroxylation sites is 1. The molecule has 1 fully saturated rings. The number of halogens is 1. The standard InChI is InChI=1S/C24H24FN3O3S/c25-16-9-11-19(12-10-16)31-14-23-26-18(15-32-23)13-22(29)28-21-8-4-3-7-20(21)24(30)27-17-5-1-2-6-17/h3-4,7-12,15,17H,1-2,5-6,13-14H2,(H,27,30)(H,28,29). The summed E-state index contributed by atoms with van der Waals surface area (Å²) in [5.41, 5.74) is 1.57. The molecule has 3 aromatic rings. The molecule has 1 aliphatic rings. The number of carbonyl (C=O) groups excluding carboxylic acids is 2. The predicted octanol–water partition coefficient (Wildman–Crippen LogP) is 4.71. The van der Waals surface area contributed by atoms with Crippen molar-refractivity contribution in [3.63, 3.8) is 0 Å². The molecule has 1 saturated carbocycles. The van der Waals surface area contributed by atoms with E-state index in [1.54, 1.807) is 36.4 Å². The van der Waals surface area contributed by atoms with Crippen LogP contribution in [-0.2, 0) is 17.8 Å². The van der Waals surface area contributed by atoms with Crippen molar-refractivity contribution in [2.45, 2.75) is 44.8 Å². The van der Waals surface area contributed by atoms with E-state index < -0.39 is 0 Å². The average Bonchev–Trinajstić information content (AvgIpc) is 3.46. The summed E-state index contributed by atoms with van der Waals surface area (Å²) in [7, 11) is 0. The molecule has 0 spiro atoms. The van der Waals surface area contributed by atoms with E-state index in [0.717, 1.165) is 25.7 Å². The van der Waals surface area contributed by atoms with E-state index in [1.165, 1.54) is 23.5 Å². The van der Waals surface area contributed by atoms with E-state index in [2.05, 4.69) is 15.6 Å². The Hall–Kier alpha value is -3.26. The Morgan fingerprint density at radius 1 is 1.09 bits per heavy atom. The third-order valence-electron chi connectivity index (χ3n) is 5.25. The molecule has 1 heterocycles. The molecule has 8 heteroatoms. The number of hydrogen-bond donors (Lipinski definition) is 2.